The average molecular weight is 284 g/mol. The van der Waals surface area contributed by atoms with Crippen LogP contribution in [0.3, 0.4) is 0 Å². The summed E-state index contributed by atoms with van der Waals surface area (Å²) in [6.45, 7) is 13.4. The van der Waals surface area contributed by atoms with Gasteiger partial charge in [0.1, 0.15) is 5.82 Å². The fourth-order valence-corrected chi connectivity index (χ4v) is 2.88. The highest BCUT2D eigenvalue weighted by atomic mass is 32.1. The topological polar surface area (TPSA) is 50.3 Å². The van der Waals surface area contributed by atoms with E-state index in [9.17, 15) is 0 Å². The van der Waals surface area contributed by atoms with Crippen LogP contribution in [0.5, 0.6) is 0 Å². The van der Waals surface area contributed by atoms with Gasteiger partial charge in [0, 0.05) is 42.6 Å². The Morgan fingerprint density at radius 1 is 1.37 bits per heavy atom. The van der Waals surface area contributed by atoms with Crippen molar-refractivity contribution < 1.29 is 4.74 Å². The lowest BCUT2D eigenvalue weighted by molar-refractivity contribution is 0.0368. The number of nitrogens with one attached hydrogen (secondary N) is 1. The third kappa shape index (κ3) is 4.40. The zero-order valence-corrected chi connectivity index (χ0v) is 13.1. The van der Waals surface area contributed by atoms with Crippen LogP contribution in [0.25, 0.3) is 0 Å². The monoisotopic (exact) mass is 284 g/mol. The van der Waals surface area contributed by atoms with Crippen molar-refractivity contribution in [2.24, 2.45) is 0 Å². The molecule has 2 heterocycles. The molecular weight excluding hydrogens is 260 g/mol. The quantitative estimate of drug-likeness (QED) is 0.916. The predicted octanol–water partition coefficient (Wildman–Crippen LogP) is 1.97. The van der Waals surface area contributed by atoms with Gasteiger partial charge < -0.3 is 10.1 Å². The smallest absolute Gasteiger partial charge is 0.202 e. The summed E-state index contributed by atoms with van der Waals surface area (Å²) >= 11 is 1.45. The summed E-state index contributed by atoms with van der Waals surface area (Å²) in [6.07, 6.45) is 0. The van der Waals surface area contributed by atoms with Crippen LogP contribution in [0.2, 0.25) is 0 Å². The van der Waals surface area contributed by atoms with Crippen molar-refractivity contribution in [2.45, 2.75) is 39.2 Å². The van der Waals surface area contributed by atoms with Gasteiger partial charge in [-0.15, -0.1) is 0 Å². The first-order valence-electron chi connectivity index (χ1n) is 6.86. The van der Waals surface area contributed by atoms with Gasteiger partial charge in [0.15, 0.2) is 0 Å². The van der Waals surface area contributed by atoms with Gasteiger partial charge in [-0.25, -0.2) is 4.98 Å². The van der Waals surface area contributed by atoms with Crippen LogP contribution in [0.15, 0.2) is 0 Å². The first-order valence-corrected chi connectivity index (χ1v) is 7.63. The van der Waals surface area contributed by atoms with Gasteiger partial charge in [-0.05, 0) is 6.92 Å². The molecule has 1 unspecified atom stereocenters. The minimum atomic E-state index is 0.0177. The molecule has 5 nitrogen and oxygen atoms in total. The number of morpholine rings is 1. The second kappa shape index (κ2) is 6.15. The first kappa shape index (κ1) is 14.7. The molecule has 1 aliphatic rings. The van der Waals surface area contributed by atoms with E-state index in [4.69, 9.17) is 4.74 Å². The lowest BCUT2D eigenvalue weighted by atomic mass is 9.96. The summed E-state index contributed by atoms with van der Waals surface area (Å²) in [5.74, 6) is 0.915. The molecule has 1 saturated heterocycles. The van der Waals surface area contributed by atoms with Crippen LogP contribution < -0.4 is 5.32 Å². The van der Waals surface area contributed by atoms with Gasteiger partial charge in [0.05, 0.1) is 13.2 Å². The molecule has 0 bridgehead atoms. The Morgan fingerprint density at radius 3 is 2.63 bits per heavy atom. The minimum Gasteiger partial charge on any atom is -0.379 e. The summed E-state index contributed by atoms with van der Waals surface area (Å²) in [6, 6.07) is 0.374. The molecule has 108 valence electrons. The Balaban J connectivity index is 1.84. The van der Waals surface area contributed by atoms with Crippen LogP contribution in [0.4, 0.5) is 5.13 Å². The molecule has 0 saturated carbocycles. The molecule has 0 aromatic carbocycles. The number of rotatable bonds is 4. The van der Waals surface area contributed by atoms with Gasteiger partial charge in [0.25, 0.3) is 0 Å². The van der Waals surface area contributed by atoms with E-state index in [1.807, 2.05) is 0 Å². The lowest BCUT2D eigenvalue weighted by Gasteiger charge is -2.29. The van der Waals surface area contributed by atoms with Crippen molar-refractivity contribution in [1.29, 1.82) is 0 Å². The molecule has 1 aliphatic heterocycles. The third-order valence-electron chi connectivity index (χ3n) is 3.10. The Morgan fingerprint density at radius 2 is 2.05 bits per heavy atom. The fraction of sp³-hybridized carbons (Fsp3) is 0.846. The van der Waals surface area contributed by atoms with E-state index in [0.29, 0.717) is 6.04 Å². The second-order valence-electron chi connectivity index (χ2n) is 6.13. The van der Waals surface area contributed by atoms with E-state index >= 15 is 0 Å². The maximum atomic E-state index is 5.36. The molecule has 1 aromatic heterocycles. The first-order chi connectivity index (χ1) is 8.95. The Bertz CT molecular complexity index is 396. The SMILES string of the molecule is CC(CN1CCOCC1)Nc1nc(C(C)(C)C)ns1. The van der Waals surface area contributed by atoms with Crippen molar-refractivity contribution in [3.63, 3.8) is 0 Å². The number of ether oxygens (including phenoxy) is 1. The van der Waals surface area contributed by atoms with Crippen molar-refractivity contribution in [2.75, 3.05) is 38.2 Å². The number of aromatic nitrogens is 2. The predicted molar refractivity (Wildman–Crippen MR) is 79.0 cm³/mol. The number of anilines is 1. The highest BCUT2D eigenvalue weighted by Crippen LogP contribution is 2.23. The Hall–Kier alpha value is -0.720. The molecule has 2 rings (SSSR count). The van der Waals surface area contributed by atoms with E-state index in [1.165, 1.54) is 11.5 Å². The Labute approximate surface area is 119 Å². The van der Waals surface area contributed by atoms with E-state index in [1.54, 1.807) is 0 Å². The highest BCUT2D eigenvalue weighted by Gasteiger charge is 2.20. The zero-order chi connectivity index (χ0) is 13.9. The largest absolute Gasteiger partial charge is 0.379 e. The van der Waals surface area contributed by atoms with Crippen molar-refractivity contribution in [3.8, 4) is 0 Å². The molecule has 6 heteroatoms. The molecule has 0 aliphatic carbocycles. The normalized spacial score (nSPS) is 19.4. The highest BCUT2D eigenvalue weighted by molar-refractivity contribution is 7.09. The van der Waals surface area contributed by atoms with Gasteiger partial charge >= 0.3 is 0 Å². The summed E-state index contributed by atoms with van der Waals surface area (Å²) in [5.41, 5.74) is 0.0177. The maximum absolute atomic E-state index is 5.36. The number of hydrogen-bond acceptors (Lipinski definition) is 6. The molecule has 0 radical (unpaired) electrons. The minimum absolute atomic E-state index is 0.0177. The van der Waals surface area contributed by atoms with Crippen LogP contribution in [0.1, 0.15) is 33.5 Å². The van der Waals surface area contributed by atoms with E-state index in [2.05, 4.69) is 47.3 Å². The number of hydrogen-bond donors (Lipinski definition) is 1. The van der Waals surface area contributed by atoms with Gasteiger partial charge in [-0.1, -0.05) is 20.8 Å². The van der Waals surface area contributed by atoms with Crippen LogP contribution in [0, 0.1) is 0 Å². The van der Waals surface area contributed by atoms with E-state index < -0.39 is 0 Å². The summed E-state index contributed by atoms with van der Waals surface area (Å²) in [5, 5.41) is 4.37. The van der Waals surface area contributed by atoms with Crippen molar-refractivity contribution in [1.82, 2.24) is 14.3 Å². The van der Waals surface area contributed by atoms with Gasteiger partial charge in [-0.3, -0.25) is 4.90 Å². The standard InChI is InChI=1S/C13H24N4OS/c1-10(9-17-5-7-18-8-6-17)14-12-15-11(16-19-12)13(2,3)4/h10H,5-9H2,1-4H3,(H,14,15,16). The van der Waals surface area contributed by atoms with E-state index in [0.717, 1.165) is 43.8 Å². The van der Waals surface area contributed by atoms with Crippen LogP contribution >= 0.6 is 11.5 Å². The Kier molecular flexibility index (Phi) is 4.76. The van der Waals surface area contributed by atoms with E-state index in [-0.39, 0.29) is 5.41 Å². The van der Waals surface area contributed by atoms with Gasteiger partial charge in [0.2, 0.25) is 5.13 Å². The van der Waals surface area contributed by atoms with Crippen LogP contribution in [-0.2, 0) is 10.2 Å². The number of nitrogens with zero attached hydrogens (tertiary/aromatic N) is 3. The summed E-state index contributed by atoms with van der Waals surface area (Å²) < 4.78 is 9.78. The zero-order valence-electron chi connectivity index (χ0n) is 12.3. The lowest BCUT2D eigenvalue weighted by Crippen LogP contribution is -2.42. The molecule has 19 heavy (non-hydrogen) atoms. The summed E-state index contributed by atoms with van der Waals surface area (Å²) in [7, 11) is 0. The molecular formula is C13H24N4OS. The fourth-order valence-electron chi connectivity index (χ4n) is 2.01. The van der Waals surface area contributed by atoms with Crippen molar-refractivity contribution in [3.05, 3.63) is 5.82 Å². The molecule has 1 aromatic rings. The second-order valence-corrected chi connectivity index (χ2v) is 6.88. The molecule has 1 N–H and O–H groups in total. The molecule has 0 amide bonds. The molecule has 1 atom stereocenters. The van der Waals surface area contributed by atoms with Crippen LogP contribution in [-0.4, -0.2) is 53.1 Å². The third-order valence-corrected chi connectivity index (χ3v) is 3.75. The van der Waals surface area contributed by atoms with Crippen molar-refractivity contribution >= 4 is 16.7 Å². The summed E-state index contributed by atoms with van der Waals surface area (Å²) in [4.78, 5) is 6.99. The average Bonchev–Trinajstić information content (AvgIpc) is 2.78. The maximum Gasteiger partial charge on any atom is 0.202 e. The molecule has 0 spiro atoms. The van der Waals surface area contributed by atoms with Gasteiger partial charge in [-0.2, -0.15) is 4.37 Å². The molecule has 1 fully saturated rings.